The van der Waals surface area contributed by atoms with Gasteiger partial charge in [-0.1, -0.05) is 73.7 Å². The molecule has 0 aliphatic rings. The molecule has 0 aliphatic carbocycles. The van der Waals surface area contributed by atoms with Crippen LogP contribution in [-0.4, -0.2) is 18.4 Å². The van der Waals surface area contributed by atoms with Crippen molar-refractivity contribution in [3.05, 3.63) is 100 Å². The SMILES string of the molecule is CCc1ccc(OCC(=O)NNC(=O)C(c2ccccc2)c2ccccc2)c(Br)c1. The van der Waals surface area contributed by atoms with E-state index in [0.717, 1.165) is 22.0 Å². The Bertz CT molecular complexity index is 954. The van der Waals surface area contributed by atoms with Crippen molar-refractivity contribution in [2.24, 2.45) is 0 Å². The summed E-state index contributed by atoms with van der Waals surface area (Å²) < 4.78 is 6.33. The van der Waals surface area contributed by atoms with Gasteiger partial charge in [-0.05, 0) is 51.2 Å². The first-order valence-corrected chi connectivity index (χ1v) is 10.5. The summed E-state index contributed by atoms with van der Waals surface area (Å²) in [6, 6.07) is 24.6. The predicted octanol–water partition coefficient (Wildman–Crippen LogP) is 4.37. The van der Waals surface area contributed by atoms with E-state index in [2.05, 4.69) is 33.7 Å². The molecule has 0 atom stereocenters. The maximum absolute atomic E-state index is 12.9. The van der Waals surface area contributed by atoms with E-state index >= 15 is 0 Å². The van der Waals surface area contributed by atoms with Crippen molar-refractivity contribution >= 4 is 27.7 Å². The lowest BCUT2D eigenvalue weighted by Crippen LogP contribution is -2.46. The second-order valence-electron chi connectivity index (χ2n) is 6.70. The molecule has 0 aromatic heterocycles. The molecule has 3 rings (SSSR count). The van der Waals surface area contributed by atoms with Gasteiger partial charge in [0.2, 0.25) is 5.91 Å². The summed E-state index contributed by atoms with van der Waals surface area (Å²) >= 11 is 3.44. The van der Waals surface area contributed by atoms with E-state index < -0.39 is 11.8 Å². The molecular weight excluding hydrogens is 444 g/mol. The first-order valence-electron chi connectivity index (χ1n) is 9.68. The molecular formula is C24H23BrN2O3. The van der Waals surface area contributed by atoms with Crippen LogP contribution in [0.15, 0.2) is 83.3 Å². The fraction of sp³-hybridized carbons (Fsp3) is 0.167. The van der Waals surface area contributed by atoms with Crippen LogP contribution in [0.4, 0.5) is 0 Å². The van der Waals surface area contributed by atoms with Crippen LogP contribution in [-0.2, 0) is 16.0 Å². The summed E-state index contributed by atoms with van der Waals surface area (Å²) in [6.45, 7) is 1.85. The first kappa shape index (κ1) is 21.6. The maximum atomic E-state index is 12.9. The largest absolute Gasteiger partial charge is 0.483 e. The van der Waals surface area contributed by atoms with Crippen molar-refractivity contribution in [3.63, 3.8) is 0 Å². The highest BCUT2D eigenvalue weighted by molar-refractivity contribution is 9.10. The Kier molecular flexibility index (Phi) is 7.63. The molecule has 3 aromatic rings. The molecule has 0 heterocycles. The number of ether oxygens (including phenoxy) is 1. The molecule has 30 heavy (non-hydrogen) atoms. The van der Waals surface area contributed by atoms with E-state index in [0.29, 0.717) is 5.75 Å². The van der Waals surface area contributed by atoms with Crippen LogP contribution in [0, 0.1) is 0 Å². The monoisotopic (exact) mass is 466 g/mol. The molecule has 0 radical (unpaired) electrons. The number of halogens is 1. The molecule has 0 fully saturated rings. The van der Waals surface area contributed by atoms with Gasteiger partial charge in [0.25, 0.3) is 5.91 Å². The highest BCUT2D eigenvalue weighted by Gasteiger charge is 2.23. The van der Waals surface area contributed by atoms with Crippen LogP contribution in [0.1, 0.15) is 29.5 Å². The molecule has 0 spiro atoms. The van der Waals surface area contributed by atoms with E-state index in [-0.39, 0.29) is 12.5 Å². The second kappa shape index (κ2) is 10.6. The lowest BCUT2D eigenvalue weighted by molar-refractivity contribution is -0.130. The summed E-state index contributed by atoms with van der Waals surface area (Å²) in [4.78, 5) is 25.1. The smallest absolute Gasteiger partial charge is 0.276 e. The summed E-state index contributed by atoms with van der Waals surface area (Å²) in [6.07, 6.45) is 0.912. The zero-order valence-electron chi connectivity index (χ0n) is 16.6. The molecule has 3 aromatic carbocycles. The van der Waals surface area contributed by atoms with Crippen molar-refractivity contribution in [2.45, 2.75) is 19.3 Å². The fourth-order valence-electron chi connectivity index (χ4n) is 3.05. The number of carbonyl (C=O) groups is 2. The van der Waals surface area contributed by atoms with E-state index in [1.54, 1.807) is 0 Å². The van der Waals surface area contributed by atoms with Gasteiger partial charge in [0.1, 0.15) is 5.75 Å². The summed E-state index contributed by atoms with van der Waals surface area (Å²) in [5, 5.41) is 0. The van der Waals surface area contributed by atoms with Crippen molar-refractivity contribution in [2.75, 3.05) is 6.61 Å². The molecule has 6 heteroatoms. The Morgan fingerprint density at radius 3 is 2.03 bits per heavy atom. The number of hydrogen-bond acceptors (Lipinski definition) is 3. The van der Waals surface area contributed by atoms with Crippen LogP contribution in [0.5, 0.6) is 5.75 Å². The topological polar surface area (TPSA) is 67.4 Å². The highest BCUT2D eigenvalue weighted by atomic mass is 79.9. The van der Waals surface area contributed by atoms with Crippen LogP contribution in [0.2, 0.25) is 0 Å². The Morgan fingerprint density at radius 1 is 0.900 bits per heavy atom. The Morgan fingerprint density at radius 2 is 1.50 bits per heavy atom. The minimum absolute atomic E-state index is 0.217. The minimum atomic E-state index is -0.538. The molecule has 154 valence electrons. The third-order valence-corrected chi connectivity index (χ3v) is 5.24. The van der Waals surface area contributed by atoms with Crippen molar-refractivity contribution < 1.29 is 14.3 Å². The number of hydrogen-bond donors (Lipinski definition) is 2. The number of nitrogens with one attached hydrogen (secondary N) is 2. The van der Waals surface area contributed by atoms with Gasteiger partial charge in [-0.15, -0.1) is 0 Å². The standard InChI is InChI=1S/C24H23BrN2O3/c1-2-17-13-14-21(20(25)15-17)30-16-22(28)26-27-24(29)23(18-9-5-3-6-10-18)19-11-7-4-8-12-19/h3-15,23H,2,16H2,1H3,(H,26,28)(H,27,29). The number of amides is 2. The number of rotatable bonds is 7. The highest BCUT2D eigenvalue weighted by Crippen LogP contribution is 2.26. The third kappa shape index (κ3) is 5.70. The zero-order chi connectivity index (χ0) is 21.3. The van der Waals surface area contributed by atoms with E-state index in [4.69, 9.17) is 4.74 Å². The third-order valence-electron chi connectivity index (χ3n) is 4.62. The lowest BCUT2D eigenvalue weighted by atomic mass is 9.91. The number of hydrazine groups is 1. The Hall–Kier alpha value is -3.12. The van der Waals surface area contributed by atoms with Crippen molar-refractivity contribution in [1.82, 2.24) is 10.9 Å². The van der Waals surface area contributed by atoms with Gasteiger partial charge in [0.15, 0.2) is 6.61 Å². The quantitative estimate of drug-likeness (QED) is 0.508. The van der Waals surface area contributed by atoms with Crippen LogP contribution in [0.3, 0.4) is 0 Å². The van der Waals surface area contributed by atoms with Gasteiger partial charge in [0.05, 0.1) is 10.4 Å². The molecule has 0 bridgehead atoms. The molecule has 0 saturated heterocycles. The van der Waals surface area contributed by atoms with Crippen molar-refractivity contribution in [3.8, 4) is 5.75 Å². The van der Waals surface area contributed by atoms with Crippen molar-refractivity contribution in [1.29, 1.82) is 0 Å². The summed E-state index contributed by atoms with van der Waals surface area (Å²) in [5.41, 5.74) is 7.80. The van der Waals surface area contributed by atoms with Gasteiger partial charge in [-0.3, -0.25) is 20.4 Å². The summed E-state index contributed by atoms with van der Waals surface area (Å²) in [5.74, 6) is -0.742. The Labute approximate surface area is 184 Å². The lowest BCUT2D eigenvalue weighted by Gasteiger charge is -2.18. The van der Waals surface area contributed by atoms with Gasteiger partial charge >= 0.3 is 0 Å². The van der Waals surface area contributed by atoms with E-state index in [1.165, 1.54) is 5.56 Å². The molecule has 2 amide bonds. The first-order chi connectivity index (χ1) is 14.6. The zero-order valence-corrected chi connectivity index (χ0v) is 18.2. The average Bonchev–Trinajstić information content (AvgIpc) is 2.78. The number of aryl methyl sites for hydroxylation is 1. The van der Waals surface area contributed by atoms with Gasteiger partial charge in [0, 0.05) is 0 Å². The van der Waals surface area contributed by atoms with E-state index in [9.17, 15) is 9.59 Å². The molecule has 2 N–H and O–H groups in total. The van der Waals surface area contributed by atoms with Gasteiger partial charge < -0.3 is 4.74 Å². The second-order valence-corrected chi connectivity index (χ2v) is 7.55. The van der Waals surface area contributed by atoms with Gasteiger partial charge in [-0.25, -0.2) is 0 Å². The maximum Gasteiger partial charge on any atom is 0.276 e. The Balaban J connectivity index is 1.60. The van der Waals surface area contributed by atoms with Crippen LogP contribution < -0.4 is 15.6 Å². The normalized spacial score (nSPS) is 10.5. The number of carbonyl (C=O) groups excluding carboxylic acids is 2. The van der Waals surface area contributed by atoms with E-state index in [1.807, 2.05) is 78.9 Å². The predicted molar refractivity (Wildman–Crippen MR) is 120 cm³/mol. The average molecular weight is 467 g/mol. The minimum Gasteiger partial charge on any atom is -0.483 e. The van der Waals surface area contributed by atoms with Crippen LogP contribution in [0.25, 0.3) is 0 Å². The fourth-order valence-corrected chi connectivity index (χ4v) is 3.59. The van der Waals surface area contributed by atoms with Crippen LogP contribution >= 0.6 is 15.9 Å². The molecule has 0 saturated carbocycles. The van der Waals surface area contributed by atoms with Gasteiger partial charge in [-0.2, -0.15) is 0 Å². The molecule has 5 nitrogen and oxygen atoms in total. The molecule has 0 unspecified atom stereocenters. The number of benzene rings is 3. The summed E-state index contributed by atoms with van der Waals surface area (Å²) in [7, 11) is 0. The molecule has 0 aliphatic heterocycles.